The Labute approximate surface area is 163 Å². The average Bonchev–Trinajstić information content (AvgIpc) is 2.63. The van der Waals surface area contributed by atoms with Crippen molar-refractivity contribution >= 4 is 23.3 Å². The number of halogens is 4. The number of alkyl halides is 3. The summed E-state index contributed by atoms with van der Waals surface area (Å²) in [7, 11) is 0. The van der Waals surface area contributed by atoms with Crippen molar-refractivity contribution in [2.75, 3.05) is 18.4 Å². The number of urea groups is 1. The summed E-state index contributed by atoms with van der Waals surface area (Å²) in [5.41, 5.74) is -0.121. The monoisotopic (exact) mass is 411 g/mol. The molecule has 0 spiro atoms. The molecule has 1 saturated heterocycles. The lowest BCUT2D eigenvalue weighted by atomic mass is 9.83. The predicted molar refractivity (Wildman–Crippen MR) is 98.6 cm³/mol. The van der Waals surface area contributed by atoms with Crippen molar-refractivity contribution in [2.45, 2.75) is 25.1 Å². The van der Waals surface area contributed by atoms with Crippen LogP contribution in [0.4, 0.5) is 23.7 Å². The van der Waals surface area contributed by atoms with Crippen LogP contribution in [-0.4, -0.2) is 28.6 Å². The van der Waals surface area contributed by atoms with Crippen LogP contribution in [0.5, 0.6) is 0 Å². The standard InChI is InChI=1S/C19H17ClF3N3O2/c20-14-5-4-13(19(21,22)23)7-15(14)24-18(28)25-8-11-6-12(10-25)16-2-1-3-17(27)26(16)9-11/h1-5,7,11-12H,6,8-10H2,(H,24,28). The number of benzene rings is 1. The summed E-state index contributed by atoms with van der Waals surface area (Å²) >= 11 is 5.97. The first-order valence-electron chi connectivity index (χ1n) is 8.85. The molecule has 1 N–H and O–H groups in total. The molecule has 28 heavy (non-hydrogen) atoms. The van der Waals surface area contributed by atoms with E-state index in [0.29, 0.717) is 19.6 Å². The van der Waals surface area contributed by atoms with E-state index >= 15 is 0 Å². The molecule has 2 unspecified atom stereocenters. The van der Waals surface area contributed by atoms with Gasteiger partial charge in [-0.05, 0) is 36.6 Å². The Bertz CT molecular complexity index is 989. The third-order valence-electron chi connectivity index (χ3n) is 5.30. The van der Waals surface area contributed by atoms with E-state index < -0.39 is 17.8 Å². The zero-order valence-corrected chi connectivity index (χ0v) is 15.4. The van der Waals surface area contributed by atoms with E-state index in [2.05, 4.69) is 5.32 Å². The fourth-order valence-corrected chi connectivity index (χ4v) is 4.22. The number of carbonyl (C=O) groups is 1. The van der Waals surface area contributed by atoms with E-state index in [0.717, 1.165) is 30.3 Å². The molecule has 1 aromatic heterocycles. The molecule has 2 bridgehead atoms. The number of anilines is 1. The maximum absolute atomic E-state index is 12.9. The van der Waals surface area contributed by atoms with Crippen LogP contribution in [-0.2, 0) is 12.7 Å². The van der Waals surface area contributed by atoms with Crippen molar-refractivity contribution in [2.24, 2.45) is 5.92 Å². The average molecular weight is 412 g/mol. The maximum atomic E-state index is 12.9. The molecule has 1 aromatic carbocycles. The molecule has 2 atom stereocenters. The van der Waals surface area contributed by atoms with Gasteiger partial charge in [-0.15, -0.1) is 0 Å². The van der Waals surface area contributed by atoms with Crippen LogP contribution >= 0.6 is 11.6 Å². The van der Waals surface area contributed by atoms with Gasteiger partial charge in [-0.3, -0.25) is 4.79 Å². The van der Waals surface area contributed by atoms with Gasteiger partial charge in [-0.25, -0.2) is 4.79 Å². The number of nitrogens with one attached hydrogen (secondary N) is 1. The minimum Gasteiger partial charge on any atom is -0.324 e. The molecule has 0 radical (unpaired) electrons. The number of hydrogen-bond donors (Lipinski definition) is 1. The first-order valence-corrected chi connectivity index (χ1v) is 9.22. The second-order valence-electron chi connectivity index (χ2n) is 7.23. The largest absolute Gasteiger partial charge is 0.416 e. The molecule has 4 rings (SSSR count). The minimum atomic E-state index is -4.52. The van der Waals surface area contributed by atoms with Crippen LogP contribution in [0.25, 0.3) is 0 Å². The summed E-state index contributed by atoms with van der Waals surface area (Å²) in [5.74, 6) is 0.137. The quantitative estimate of drug-likeness (QED) is 0.765. The van der Waals surface area contributed by atoms with Gasteiger partial charge in [-0.1, -0.05) is 17.7 Å². The van der Waals surface area contributed by atoms with Crippen molar-refractivity contribution in [1.82, 2.24) is 9.47 Å². The molecule has 1 fully saturated rings. The van der Waals surface area contributed by atoms with Crippen molar-refractivity contribution in [3.63, 3.8) is 0 Å². The van der Waals surface area contributed by atoms with Crippen LogP contribution in [0, 0.1) is 5.92 Å². The first-order chi connectivity index (χ1) is 13.2. The summed E-state index contributed by atoms with van der Waals surface area (Å²) in [6.07, 6.45) is -3.65. The number of carbonyl (C=O) groups excluding carboxylic acids is 1. The Balaban J connectivity index is 1.54. The fraction of sp³-hybridized carbons (Fsp3) is 0.368. The van der Waals surface area contributed by atoms with Gasteiger partial charge in [0, 0.05) is 37.3 Å². The highest BCUT2D eigenvalue weighted by Crippen LogP contribution is 2.36. The topological polar surface area (TPSA) is 54.3 Å². The number of rotatable bonds is 1. The molecule has 2 aliphatic rings. The maximum Gasteiger partial charge on any atom is 0.416 e. The van der Waals surface area contributed by atoms with E-state index in [-0.39, 0.29) is 28.1 Å². The zero-order valence-electron chi connectivity index (χ0n) is 14.7. The smallest absolute Gasteiger partial charge is 0.324 e. The lowest BCUT2D eigenvalue weighted by Crippen LogP contribution is -2.50. The van der Waals surface area contributed by atoms with Gasteiger partial charge in [0.2, 0.25) is 0 Å². The SMILES string of the molecule is O=C(Nc1cc(C(F)(F)F)ccc1Cl)N1CC2CC(C1)c1cccc(=O)n1C2. The van der Waals surface area contributed by atoms with Crippen LogP contribution < -0.4 is 10.9 Å². The fourth-order valence-electron chi connectivity index (χ4n) is 4.05. The second-order valence-corrected chi connectivity index (χ2v) is 7.63. The van der Waals surface area contributed by atoms with Crippen LogP contribution in [0.1, 0.15) is 23.6 Å². The van der Waals surface area contributed by atoms with E-state index in [1.54, 1.807) is 15.5 Å². The molecule has 2 amide bonds. The van der Waals surface area contributed by atoms with Crippen molar-refractivity contribution in [3.05, 3.63) is 63.0 Å². The number of pyridine rings is 1. The predicted octanol–water partition coefficient (Wildman–Crippen LogP) is 4.17. The highest BCUT2D eigenvalue weighted by atomic mass is 35.5. The summed E-state index contributed by atoms with van der Waals surface area (Å²) in [4.78, 5) is 26.3. The van der Waals surface area contributed by atoms with E-state index in [1.807, 2.05) is 6.07 Å². The molecule has 2 aliphatic heterocycles. The van der Waals surface area contributed by atoms with E-state index in [4.69, 9.17) is 11.6 Å². The first kappa shape index (κ1) is 18.9. The van der Waals surface area contributed by atoms with Crippen LogP contribution in [0.15, 0.2) is 41.2 Å². The number of fused-ring (bicyclic) bond motifs is 4. The third-order valence-corrected chi connectivity index (χ3v) is 5.63. The van der Waals surface area contributed by atoms with Gasteiger partial charge in [0.1, 0.15) is 0 Å². The van der Waals surface area contributed by atoms with Crippen LogP contribution in [0.2, 0.25) is 5.02 Å². The Morgan fingerprint density at radius 2 is 1.93 bits per heavy atom. The van der Waals surface area contributed by atoms with Gasteiger partial charge in [0.25, 0.3) is 5.56 Å². The Hall–Kier alpha value is -2.48. The summed E-state index contributed by atoms with van der Waals surface area (Å²) in [5, 5.41) is 2.54. The molecule has 9 heteroatoms. The second kappa shape index (κ2) is 6.84. The minimum absolute atomic E-state index is 0.0177. The summed E-state index contributed by atoms with van der Waals surface area (Å²) < 4.78 is 40.5. The van der Waals surface area contributed by atoms with Gasteiger partial charge >= 0.3 is 12.2 Å². The van der Waals surface area contributed by atoms with E-state index in [9.17, 15) is 22.8 Å². The van der Waals surface area contributed by atoms with Gasteiger partial charge in [-0.2, -0.15) is 13.2 Å². The number of amides is 2. The molecule has 148 valence electrons. The molecule has 0 aliphatic carbocycles. The Morgan fingerprint density at radius 1 is 1.14 bits per heavy atom. The molecule has 0 saturated carbocycles. The zero-order chi connectivity index (χ0) is 20.1. The molecule has 5 nitrogen and oxygen atoms in total. The van der Waals surface area contributed by atoms with Crippen LogP contribution in [0.3, 0.4) is 0 Å². The lowest BCUT2D eigenvalue weighted by molar-refractivity contribution is -0.137. The van der Waals surface area contributed by atoms with Gasteiger partial charge in [0.15, 0.2) is 0 Å². The lowest BCUT2D eigenvalue weighted by Gasteiger charge is -2.42. The number of piperidine rings is 1. The summed E-state index contributed by atoms with van der Waals surface area (Å²) in [6, 6.07) is 7.43. The number of aromatic nitrogens is 1. The number of likely N-dealkylation sites (tertiary alicyclic amines) is 1. The molecular formula is C19H17ClF3N3O2. The highest BCUT2D eigenvalue weighted by Gasteiger charge is 2.36. The number of nitrogens with zero attached hydrogens (tertiary/aromatic N) is 2. The molecule has 2 aromatic rings. The van der Waals surface area contributed by atoms with Gasteiger partial charge < -0.3 is 14.8 Å². The van der Waals surface area contributed by atoms with E-state index in [1.165, 1.54) is 6.07 Å². The highest BCUT2D eigenvalue weighted by molar-refractivity contribution is 6.33. The third kappa shape index (κ3) is 3.48. The Kier molecular flexibility index (Phi) is 4.61. The summed E-state index contributed by atoms with van der Waals surface area (Å²) in [6.45, 7) is 1.35. The Morgan fingerprint density at radius 3 is 2.68 bits per heavy atom. The number of hydrogen-bond acceptors (Lipinski definition) is 2. The molecular weight excluding hydrogens is 395 g/mol. The normalized spacial score (nSPS) is 21.2. The van der Waals surface area contributed by atoms with Crippen molar-refractivity contribution < 1.29 is 18.0 Å². The van der Waals surface area contributed by atoms with Gasteiger partial charge in [0.05, 0.1) is 16.3 Å². The molecule has 3 heterocycles. The van der Waals surface area contributed by atoms with Crippen molar-refractivity contribution in [1.29, 1.82) is 0 Å². The van der Waals surface area contributed by atoms with Crippen molar-refractivity contribution in [3.8, 4) is 0 Å².